The van der Waals surface area contributed by atoms with Gasteiger partial charge in [-0.3, -0.25) is 0 Å². The van der Waals surface area contributed by atoms with E-state index in [0.29, 0.717) is 6.54 Å². The smallest absolute Gasteiger partial charge is 0.337 e. The molecule has 1 heterocycles. The van der Waals surface area contributed by atoms with Crippen molar-refractivity contribution in [3.8, 4) is 0 Å². The van der Waals surface area contributed by atoms with Crippen LogP contribution in [-0.2, 0) is 14.8 Å². The summed E-state index contributed by atoms with van der Waals surface area (Å²) in [6.07, 6.45) is 2.15. The van der Waals surface area contributed by atoms with Crippen LogP contribution in [0.15, 0.2) is 29.2 Å². The number of hydrogen-bond acceptors (Lipinski definition) is 5. The molecule has 0 spiro atoms. The molecule has 1 aliphatic rings. The second-order valence-electron chi connectivity index (χ2n) is 6.47. The van der Waals surface area contributed by atoms with Crippen LogP contribution in [0.2, 0.25) is 0 Å². The first kappa shape index (κ1) is 17.9. The lowest BCUT2D eigenvalue weighted by Gasteiger charge is -2.39. The van der Waals surface area contributed by atoms with Gasteiger partial charge in [0, 0.05) is 12.6 Å². The lowest BCUT2D eigenvalue weighted by atomic mass is 9.78. The number of nitrogens with one attached hydrogen (secondary N) is 2. The van der Waals surface area contributed by atoms with Crippen LogP contribution in [0.5, 0.6) is 0 Å². The molecular weight excluding hydrogens is 316 g/mol. The number of esters is 1. The molecule has 1 atom stereocenters. The van der Waals surface area contributed by atoms with Gasteiger partial charge < -0.3 is 10.1 Å². The van der Waals surface area contributed by atoms with Crippen LogP contribution < -0.4 is 10.0 Å². The predicted molar refractivity (Wildman–Crippen MR) is 87.8 cm³/mol. The van der Waals surface area contributed by atoms with E-state index in [-0.39, 0.29) is 21.9 Å². The molecule has 1 fully saturated rings. The van der Waals surface area contributed by atoms with E-state index in [4.69, 9.17) is 0 Å². The van der Waals surface area contributed by atoms with Gasteiger partial charge in [-0.1, -0.05) is 19.9 Å². The van der Waals surface area contributed by atoms with E-state index in [1.165, 1.54) is 31.4 Å². The molecule has 128 valence electrons. The lowest BCUT2D eigenvalue weighted by molar-refractivity contribution is 0.0600. The second kappa shape index (κ2) is 6.98. The maximum absolute atomic E-state index is 12.5. The lowest BCUT2D eigenvalue weighted by Crippen LogP contribution is -2.52. The van der Waals surface area contributed by atoms with Crippen molar-refractivity contribution in [2.75, 3.05) is 20.2 Å². The number of sulfonamides is 1. The Morgan fingerprint density at radius 2 is 2.17 bits per heavy atom. The number of piperidine rings is 1. The van der Waals surface area contributed by atoms with Gasteiger partial charge >= 0.3 is 5.97 Å². The first-order valence-corrected chi connectivity index (χ1v) is 9.16. The molecule has 6 nitrogen and oxygen atoms in total. The Balaban J connectivity index is 2.11. The highest BCUT2D eigenvalue weighted by Gasteiger charge is 2.32. The minimum absolute atomic E-state index is 0.0363. The Morgan fingerprint density at radius 3 is 2.83 bits per heavy atom. The zero-order chi connectivity index (χ0) is 17.1. The van der Waals surface area contributed by atoms with E-state index in [2.05, 4.69) is 28.6 Å². The van der Waals surface area contributed by atoms with Gasteiger partial charge in [0.1, 0.15) is 0 Å². The molecule has 23 heavy (non-hydrogen) atoms. The Bertz CT molecular complexity index is 670. The Labute approximate surface area is 137 Å². The van der Waals surface area contributed by atoms with E-state index < -0.39 is 16.0 Å². The van der Waals surface area contributed by atoms with Crippen molar-refractivity contribution < 1.29 is 17.9 Å². The van der Waals surface area contributed by atoms with Gasteiger partial charge in [0.2, 0.25) is 10.0 Å². The predicted octanol–water partition coefficient (Wildman–Crippen LogP) is 1.53. The number of hydrogen-bond donors (Lipinski definition) is 2. The SMILES string of the molecule is COC(=O)c1cccc(S(=O)(=O)NCC2NCCCC2(C)C)c1. The number of carbonyl (C=O) groups is 1. The fraction of sp³-hybridized carbons (Fsp3) is 0.562. The summed E-state index contributed by atoms with van der Waals surface area (Å²) in [6.45, 7) is 5.48. The van der Waals surface area contributed by atoms with Crippen LogP contribution >= 0.6 is 0 Å². The molecule has 0 aromatic heterocycles. The van der Waals surface area contributed by atoms with Gasteiger partial charge in [-0.05, 0) is 43.0 Å². The van der Waals surface area contributed by atoms with Gasteiger partial charge in [-0.15, -0.1) is 0 Å². The van der Waals surface area contributed by atoms with Crippen LogP contribution in [0.3, 0.4) is 0 Å². The molecule has 0 saturated carbocycles. The van der Waals surface area contributed by atoms with Crippen molar-refractivity contribution in [3.05, 3.63) is 29.8 Å². The Hall–Kier alpha value is -1.44. The van der Waals surface area contributed by atoms with Crippen molar-refractivity contribution in [1.82, 2.24) is 10.0 Å². The number of ether oxygens (including phenoxy) is 1. The monoisotopic (exact) mass is 340 g/mol. The van der Waals surface area contributed by atoms with Crippen LogP contribution in [-0.4, -0.2) is 40.6 Å². The topological polar surface area (TPSA) is 84.5 Å². The van der Waals surface area contributed by atoms with Gasteiger partial charge in [-0.2, -0.15) is 0 Å². The number of rotatable bonds is 5. The highest BCUT2D eigenvalue weighted by molar-refractivity contribution is 7.89. The minimum atomic E-state index is -3.67. The quantitative estimate of drug-likeness (QED) is 0.794. The third kappa shape index (κ3) is 4.31. The number of carbonyl (C=O) groups excluding carboxylic acids is 1. The fourth-order valence-electron chi connectivity index (χ4n) is 2.80. The highest BCUT2D eigenvalue weighted by atomic mass is 32.2. The third-order valence-electron chi connectivity index (χ3n) is 4.37. The van der Waals surface area contributed by atoms with Crippen molar-refractivity contribution in [2.45, 2.75) is 37.6 Å². The molecule has 1 aromatic carbocycles. The summed E-state index contributed by atoms with van der Waals surface area (Å²) >= 11 is 0. The van der Waals surface area contributed by atoms with Crippen LogP contribution in [0.4, 0.5) is 0 Å². The summed E-state index contributed by atoms with van der Waals surface area (Å²) in [4.78, 5) is 11.6. The summed E-state index contributed by atoms with van der Waals surface area (Å²) < 4.78 is 32.2. The summed E-state index contributed by atoms with van der Waals surface area (Å²) in [5.41, 5.74) is 0.251. The molecule has 0 amide bonds. The third-order valence-corrected chi connectivity index (χ3v) is 5.80. The zero-order valence-corrected chi connectivity index (χ0v) is 14.6. The molecule has 7 heteroatoms. The average molecular weight is 340 g/mol. The standard InChI is InChI=1S/C16H24N2O4S/c1-16(2)8-5-9-17-14(16)11-18-23(20,21)13-7-4-6-12(10-13)15(19)22-3/h4,6-7,10,14,17-18H,5,8-9,11H2,1-3H3. The Morgan fingerprint density at radius 1 is 1.43 bits per heavy atom. The first-order valence-electron chi connectivity index (χ1n) is 7.68. The van der Waals surface area contributed by atoms with Crippen LogP contribution in [0, 0.1) is 5.41 Å². The summed E-state index contributed by atoms with van der Waals surface area (Å²) in [5.74, 6) is -0.558. The second-order valence-corrected chi connectivity index (χ2v) is 8.24. The van der Waals surface area contributed by atoms with Gasteiger partial charge in [-0.25, -0.2) is 17.9 Å². The molecule has 1 unspecified atom stereocenters. The summed E-state index contributed by atoms with van der Waals surface area (Å²) in [5, 5.41) is 3.37. The molecule has 2 N–H and O–H groups in total. The van der Waals surface area contributed by atoms with E-state index in [9.17, 15) is 13.2 Å². The van der Waals surface area contributed by atoms with E-state index in [1.807, 2.05) is 0 Å². The maximum Gasteiger partial charge on any atom is 0.337 e. The van der Waals surface area contributed by atoms with Crippen LogP contribution in [0.1, 0.15) is 37.0 Å². The van der Waals surface area contributed by atoms with Crippen molar-refractivity contribution in [2.24, 2.45) is 5.41 Å². The molecule has 2 rings (SSSR count). The van der Waals surface area contributed by atoms with Crippen molar-refractivity contribution in [3.63, 3.8) is 0 Å². The van der Waals surface area contributed by atoms with Crippen molar-refractivity contribution in [1.29, 1.82) is 0 Å². The number of benzene rings is 1. The summed E-state index contributed by atoms with van der Waals surface area (Å²) in [7, 11) is -2.41. The fourth-order valence-corrected chi connectivity index (χ4v) is 3.90. The summed E-state index contributed by atoms with van der Waals surface area (Å²) in [6, 6.07) is 5.93. The maximum atomic E-state index is 12.5. The van der Waals surface area contributed by atoms with Gasteiger partial charge in [0.15, 0.2) is 0 Å². The van der Waals surface area contributed by atoms with E-state index in [0.717, 1.165) is 19.4 Å². The molecule has 1 saturated heterocycles. The molecule has 0 bridgehead atoms. The normalized spacial score (nSPS) is 20.9. The van der Waals surface area contributed by atoms with E-state index >= 15 is 0 Å². The van der Waals surface area contributed by atoms with Crippen LogP contribution in [0.25, 0.3) is 0 Å². The molecular formula is C16H24N2O4S. The van der Waals surface area contributed by atoms with E-state index in [1.54, 1.807) is 0 Å². The molecule has 0 radical (unpaired) electrons. The number of methoxy groups -OCH3 is 1. The molecule has 1 aromatic rings. The molecule has 1 aliphatic heterocycles. The van der Waals surface area contributed by atoms with Gasteiger partial charge in [0.05, 0.1) is 17.6 Å². The minimum Gasteiger partial charge on any atom is -0.465 e. The highest BCUT2D eigenvalue weighted by Crippen LogP contribution is 2.29. The van der Waals surface area contributed by atoms with Crippen molar-refractivity contribution >= 4 is 16.0 Å². The first-order chi connectivity index (χ1) is 10.8. The largest absolute Gasteiger partial charge is 0.465 e. The van der Waals surface area contributed by atoms with Gasteiger partial charge in [0.25, 0.3) is 0 Å². The molecule has 0 aliphatic carbocycles. The Kier molecular flexibility index (Phi) is 5.44. The average Bonchev–Trinajstić information content (AvgIpc) is 2.53. The zero-order valence-electron chi connectivity index (χ0n) is 13.8.